The van der Waals surface area contributed by atoms with Crippen LogP contribution in [0, 0.1) is 0 Å². The first kappa shape index (κ1) is 14.4. The zero-order valence-corrected chi connectivity index (χ0v) is 12.6. The summed E-state index contributed by atoms with van der Waals surface area (Å²) in [5.74, 6) is 0. The zero-order chi connectivity index (χ0) is 14.0. The molecule has 0 N–H and O–H groups in total. The Balaban J connectivity index is 2.39. The van der Waals surface area contributed by atoms with Crippen LogP contribution in [-0.2, 0) is 15.6 Å². The number of fused-ring (bicyclic) bond motifs is 1. The van der Waals surface area contributed by atoms with Crippen LogP contribution in [0.25, 0.3) is 10.9 Å². The summed E-state index contributed by atoms with van der Waals surface area (Å²) < 4.78 is 25.1. The highest BCUT2D eigenvalue weighted by Crippen LogP contribution is 2.27. The minimum atomic E-state index is -3.71. The standard InChI is InChI=1S/C13H17ClN2O2S/c1-15(2)8-5-9-16-10-13(19(14,17)18)11-6-3-4-7-12(11)16/h3-4,6-7,10H,5,8-9H2,1-2H3. The Morgan fingerprint density at radius 2 is 1.95 bits per heavy atom. The van der Waals surface area contributed by atoms with Crippen LogP contribution in [0.1, 0.15) is 6.42 Å². The molecule has 0 spiro atoms. The average Bonchev–Trinajstić information content (AvgIpc) is 2.68. The number of nitrogens with zero attached hydrogens (tertiary/aromatic N) is 2. The van der Waals surface area contributed by atoms with Gasteiger partial charge in [-0.1, -0.05) is 18.2 Å². The zero-order valence-electron chi connectivity index (χ0n) is 11.0. The molecule has 0 aliphatic carbocycles. The van der Waals surface area contributed by atoms with Gasteiger partial charge in [0.2, 0.25) is 0 Å². The summed E-state index contributed by atoms with van der Waals surface area (Å²) in [5, 5.41) is 0.683. The fraction of sp³-hybridized carbons (Fsp3) is 0.385. The van der Waals surface area contributed by atoms with E-state index in [9.17, 15) is 8.42 Å². The van der Waals surface area contributed by atoms with E-state index in [0.717, 1.165) is 25.0 Å². The normalized spacial score (nSPS) is 12.4. The molecule has 19 heavy (non-hydrogen) atoms. The van der Waals surface area contributed by atoms with E-state index < -0.39 is 9.05 Å². The van der Waals surface area contributed by atoms with Crippen LogP contribution in [0.5, 0.6) is 0 Å². The van der Waals surface area contributed by atoms with Crippen LogP contribution in [0.2, 0.25) is 0 Å². The molecular weight excluding hydrogens is 284 g/mol. The molecule has 0 saturated heterocycles. The Kier molecular flexibility index (Phi) is 4.18. The molecule has 2 rings (SSSR count). The molecule has 0 fully saturated rings. The third kappa shape index (κ3) is 3.29. The van der Waals surface area contributed by atoms with E-state index in [0.29, 0.717) is 5.39 Å². The molecule has 0 unspecified atom stereocenters. The molecule has 1 aromatic heterocycles. The fourth-order valence-electron chi connectivity index (χ4n) is 2.15. The lowest BCUT2D eigenvalue weighted by Gasteiger charge is -2.10. The lowest BCUT2D eigenvalue weighted by atomic mass is 10.2. The van der Waals surface area contributed by atoms with E-state index in [1.807, 2.05) is 36.9 Å². The fourth-order valence-corrected chi connectivity index (χ4v) is 3.21. The maximum atomic E-state index is 11.6. The molecule has 2 aromatic rings. The Morgan fingerprint density at radius 1 is 1.26 bits per heavy atom. The number of aryl methyl sites for hydroxylation is 1. The van der Waals surface area contributed by atoms with Crippen LogP contribution in [0.3, 0.4) is 0 Å². The summed E-state index contributed by atoms with van der Waals surface area (Å²) >= 11 is 0. The number of hydrogen-bond donors (Lipinski definition) is 0. The van der Waals surface area contributed by atoms with Gasteiger partial charge in [0.15, 0.2) is 0 Å². The maximum Gasteiger partial charge on any atom is 0.263 e. The highest BCUT2D eigenvalue weighted by molar-refractivity contribution is 8.14. The van der Waals surface area contributed by atoms with Crippen molar-refractivity contribution in [2.24, 2.45) is 0 Å². The van der Waals surface area contributed by atoms with Gasteiger partial charge >= 0.3 is 0 Å². The first-order valence-corrected chi connectivity index (χ1v) is 8.38. The number of benzene rings is 1. The van der Waals surface area contributed by atoms with Crippen molar-refractivity contribution in [2.75, 3.05) is 20.6 Å². The van der Waals surface area contributed by atoms with Crippen molar-refractivity contribution >= 4 is 30.6 Å². The lowest BCUT2D eigenvalue weighted by Crippen LogP contribution is -2.14. The van der Waals surface area contributed by atoms with E-state index in [1.54, 1.807) is 12.3 Å². The van der Waals surface area contributed by atoms with Crippen molar-refractivity contribution in [3.05, 3.63) is 30.5 Å². The first-order valence-electron chi connectivity index (χ1n) is 6.07. The Bertz CT molecular complexity index is 677. The van der Waals surface area contributed by atoms with Crippen LogP contribution in [-0.4, -0.2) is 38.5 Å². The highest BCUT2D eigenvalue weighted by atomic mass is 35.7. The van der Waals surface area contributed by atoms with Gasteiger partial charge in [0.1, 0.15) is 4.90 Å². The van der Waals surface area contributed by atoms with Gasteiger partial charge in [0.25, 0.3) is 9.05 Å². The van der Waals surface area contributed by atoms with E-state index in [-0.39, 0.29) is 4.90 Å². The highest BCUT2D eigenvalue weighted by Gasteiger charge is 2.18. The third-order valence-corrected chi connectivity index (χ3v) is 4.37. The van der Waals surface area contributed by atoms with E-state index in [2.05, 4.69) is 4.90 Å². The molecule has 104 valence electrons. The largest absolute Gasteiger partial charge is 0.346 e. The molecule has 1 heterocycles. The van der Waals surface area contributed by atoms with Gasteiger partial charge in [-0.05, 0) is 33.1 Å². The number of hydrogen-bond acceptors (Lipinski definition) is 3. The molecule has 0 aliphatic heterocycles. The van der Waals surface area contributed by atoms with Gasteiger partial charge < -0.3 is 9.47 Å². The van der Waals surface area contributed by atoms with Gasteiger partial charge in [-0.3, -0.25) is 0 Å². The Hall–Kier alpha value is -1.04. The van der Waals surface area contributed by atoms with Crippen LogP contribution < -0.4 is 0 Å². The molecule has 0 bridgehead atoms. The second-order valence-electron chi connectivity index (χ2n) is 4.80. The minimum absolute atomic E-state index is 0.189. The molecule has 0 saturated carbocycles. The molecule has 0 aliphatic rings. The van der Waals surface area contributed by atoms with Gasteiger partial charge in [-0.15, -0.1) is 0 Å². The summed E-state index contributed by atoms with van der Waals surface area (Å²) in [6.45, 7) is 1.72. The van der Waals surface area contributed by atoms with Crippen molar-refractivity contribution in [2.45, 2.75) is 17.9 Å². The minimum Gasteiger partial charge on any atom is -0.346 e. The lowest BCUT2D eigenvalue weighted by molar-refractivity contribution is 0.388. The second-order valence-corrected chi connectivity index (χ2v) is 7.33. The Labute approximate surface area is 118 Å². The van der Waals surface area contributed by atoms with Crippen molar-refractivity contribution < 1.29 is 8.42 Å². The second kappa shape index (κ2) is 5.53. The summed E-state index contributed by atoms with van der Waals surface area (Å²) in [7, 11) is 5.81. The number of rotatable bonds is 5. The van der Waals surface area contributed by atoms with Crippen molar-refractivity contribution in [1.29, 1.82) is 0 Å². The van der Waals surface area contributed by atoms with Crippen molar-refractivity contribution in [3.8, 4) is 0 Å². The summed E-state index contributed by atoms with van der Waals surface area (Å²) in [4.78, 5) is 2.29. The molecular formula is C13H17ClN2O2S. The summed E-state index contributed by atoms with van der Waals surface area (Å²) in [5.41, 5.74) is 0.903. The topological polar surface area (TPSA) is 42.3 Å². The number of aromatic nitrogens is 1. The smallest absolute Gasteiger partial charge is 0.263 e. The summed E-state index contributed by atoms with van der Waals surface area (Å²) in [6, 6.07) is 7.41. The number of para-hydroxylation sites is 1. The van der Waals surface area contributed by atoms with Crippen molar-refractivity contribution in [3.63, 3.8) is 0 Å². The molecule has 0 radical (unpaired) electrons. The van der Waals surface area contributed by atoms with Crippen molar-refractivity contribution in [1.82, 2.24) is 9.47 Å². The molecule has 1 aromatic carbocycles. The quantitative estimate of drug-likeness (QED) is 0.797. The van der Waals surface area contributed by atoms with Gasteiger partial charge in [-0.25, -0.2) is 8.42 Å². The molecule has 0 atom stereocenters. The maximum absolute atomic E-state index is 11.6. The molecule has 4 nitrogen and oxygen atoms in total. The van der Waals surface area contributed by atoms with Crippen LogP contribution in [0.4, 0.5) is 0 Å². The Morgan fingerprint density at radius 3 is 2.58 bits per heavy atom. The van der Waals surface area contributed by atoms with E-state index >= 15 is 0 Å². The average molecular weight is 301 g/mol. The van der Waals surface area contributed by atoms with E-state index in [1.165, 1.54) is 0 Å². The van der Waals surface area contributed by atoms with Gasteiger partial charge in [0, 0.05) is 34.3 Å². The molecule has 6 heteroatoms. The predicted molar refractivity (Wildman–Crippen MR) is 78.1 cm³/mol. The van der Waals surface area contributed by atoms with E-state index in [4.69, 9.17) is 10.7 Å². The van der Waals surface area contributed by atoms with Crippen LogP contribution >= 0.6 is 10.7 Å². The first-order chi connectivity index (χ1) is 8.89. The SMILES string of the molecule is CN(C)CCCn1cc(S(=O)(=O)Cl)c2ccccc21. The molecule has 0 amide bonds. The van der Waals surface area contributed by atoms with Gasteiger partial charge in [0.05, 0.1) is 0 Å². The van der Waals surface area contributed by atoms with Crippen LogP contribution in [0.15, 0.2) is 35.4 Å². The third-order valence-electron chi connectivity index (χ3n) is 3.02. The number of halogens is 1. The monoisotopic (exact) mass is 300 g/mol. The predicted octanol–water partition coefficient (Wildman–Crippen LogP) is 2.52. The van der Waals surface area contributed by atoms with Gasteiger partial charge in [-0.2, -0.15) is 0 Å². The summed E-state index contributed by atoms with van der Waals surface area (Å²) in [6.07, 6.45) is 2.58.